The van der Waals surface area contributed by atoms with E-state index in [9.17, 15) is 0 Å². The summed E-state index contributed by atoms with van der Waals surface area (Å²) in [5, 5.41) is 4.84. The van der Waals surface area contributed by atoms with Crippen molar-refractivity contribution < 1.29 is 17.9 Å². The number of hydrogen-bond donors (Lipinski definition) is 0. The first-order chi connectivity index (χ1) is 30.1. The summed E-state index contributed by atoms with van der Waals surface area (Å²) in [6, 6.07) is 53.5. The second-order valence-electron chi connectivity index (χ2n) is 14.7. The van der Waals surface area contributed by atoms with E-state index in [0.717, 1.165) is 74.8 Å². The zero-order valence-corrected chi connectivity index (χ0v) is 38.1. The van der Waals surface area contributed by atoms with Gasteiger partial charge >= 0.3 is 350 Å². The minimum absolute atomic E-state index is 0.699. The number of allylic oxidation sites excluding steroid dienone is 7. The summed E-state index contributed by atoms with van der Waals surface area (Å²) < 4.78 is 13.7. The molecule has 7 heteroatoms. The Labute approximate surface area is 372 Å². The average Bonchev–Trinajstić information content (AvgIpc) is 4.01. The molecule has 8 aromatic rings. The Morgan fingerprint density at radius 3 is 1.61 bits per heavy atom. The zero-order chi connectivity index (χ0) is 41.6. The molecule has 1 aliphatic rings. The standard InChI is InChI=1S/C54H41N4PS.Os/c1-4-22-47-51-52(56-50(41-25-13-7-14-26-41)49(55-51)40-23-11-6-12-24-40)48(54-53(47)57-60-58-54)36-35-42(37-43-28-21-27-39(43)5-2)38(3)59(44-29-15-8-16-30-44,45-31-17-9-18-32-45)46-33-19-10-20-34-46;/h4-20,22-26,29-34,37H,21,27-28H2,1-2H3;/q+1;/b22-4+,39-5?,42-38?,43-37?;. The van der Waals surface area contributed by atoms with E-state index in [1.54, 1.807) is 17.9 Å². The molecule has 1 fully saturated rings. The van der Waals surface area contributed by atoms with E-state index in [2.05, 4.69) is 157 Å². The Kier molecular flexibility index (Phi) is 12.0. The third-order valence-corrected chi connectivity index (χ3v) is 17.1. The van der Waals surface area contributed by atoms with E-state index in [1.165, 1.54) is 38.8 Å². The Hall–Kier alpha value is -6.15. The Morgan fingerprint density at radius 2 is 1.10 bits per heavy atom. The van der Waals surface area contributed by atoms with Crippen molar-refractivity contribution in [2.24, 2.45) is 0 Å². The van der Waals surface area contributed by atoms with Crippen LogP contribution in [0.25, 0.3) is 50.7 Å². The summed E-state index contributed by atoms with van der Waals surface area (Å²) in [4.78, 5) is 11.0. The number of benzene rings is 6. The fourth-order valence-corrected chi connectivity index (χ4v) is 14.7. The SMILES string of the molecule is CC=C1CCCC1=CC(C#Cc1c2nsnc2c(/C=C/C)c2nc(-c3ccccc3)c(-c3ccccc3)nc12)=C([C]#[Os])[P+](c1ccccc1)(c1ccccc1)c1ccccc1. The van der Waals surface area contributed by atoms with Crippen LogP contribution in [0.3, 0.4) is 0 Å². The molecule has 9 rings (SSSR count). The van der Waals surface area contributed by atoms with Gasteiger partial charge in [-0.25, -0.2) is 0 Å². The van der Waals surface area contributed by atoms with Crippen LogP contribution in [-0.4, -0.2) is 18.7 Å². The third-order valence-electron chi connectivity index (χ3n) is 11.2. The van der Waals surface area contributed by atoms with E-state index in [4.69, 9.17) is 18.7 Å². The van der Waals surface area contributed by atoms with Gasteiger partial charge in [-0.1, -0.05) is 24.3 Å². The first-order valence-electron chi connectivity index (χ1n) is 20.4. The first kappa shape index (κ1) is 40.3. The molecule has 0 spiro atoms. The van der Waals surface area contributed by atoms with Crippen LogP contribution in [-0.2, 0) is 17.9 Å². The van der Waals surface area contributed by atoms with E-state index >= 15 is 0 Å². The number of aromatic nitrogens is 4. The van der Waals surface area contributed by atoms with Crippen molar-refractivity contribution in [3.05, 3.63) is 203 Å². The fraction of sp³-hybridized carbons (Fsp3) is 0.0926. The van der Waals surface area contributed by atoms with Crippen LogP contribution < -0.4 is 15.9 Å². The molecule has 2 heterocycles. The summed E-state index contributed by atoms with van der Waals surface area (Å²) in [6.45, 7) is 4.17. The van der Waals surface area contributed by atoms with Gasteiger partial charge in [0.15, 0.2) is 0 Å². The number of nitrogens with zero attached hydrogens (tertiary/aromatic N) is 4. The topological polar surface area (TPSA) is 51.6 Å². The Morgan fingerprint density at radius 1 is 0.607 bits per heavy atom. The van der Waals surface area contributed by atoms with Gasteiger partial charge < -0.3 is 0 Å². The van der Waals surface area contributed by atoms with Crippen LogP contribution in [0.1, 0.15) is 44.2 Å². The molecule has 0 unspecified atom stereocenters. The maximum atomic E-state index is 5.55. The zero-order valence-electron chi connectivity index (χ0n) is 33.9. The summed E-state index contributed by atoms with van der Waals surface area (Å²) in [6.07, 6.45) is 11.9. The van der Waals surface area contributed by atoms with Crippen LogP contribution in [0.15, 0.2) is 192 Å². The van der Waals surface area contributed by atoms with Crippen LogP contribution in [0, 0.1) is 16.2 Å². The molecule has 0 saturated heterocycles. The van der Waals surface area contributed by atoms with Gasteiger partial charge in [-0.15, -0.1) is 0 Å². The second kappa shape index (κ2) is 18.2. The van der Waals surface area contributed by atoms with Crippen LogP contribution in [0.2, 0.25) is 0 Å². The van der Waals surface area contributed by atoms with Gasteiger partial charge in [0.05, 0.1) is 0 Å². The van der Waals surface area contributed by atoms with E-state index in [0.29, 0.717) is 11.1 Å². The first-order valence-corrected chi connectivity index (χ1v) is 24.2. The fourth-order valence-electron chi connectivity index (χ4n) is 8.42. The van der Waals surface area contributed by atoms with E-state index in [1.807, 2.05) is 49.4 Å². The van der Waals surface area contributed by atoms with Gasteiger partial charge in [0.2, 0.25) is 0 Å². The molecule has 0 N–H and O–H groups in total. The molecule has 61 heavy (non-hydrogen) atoms. The molecule has 0 amide bonds. The quantitative estimate of drug-likeness (QED) is 0.112. The van der Waals surface area contributed by atoms with Gasteiger partial charge in [0.1, 0.15) is 0 Å². The third kappa shape index (κ3) is 7.62. The van der Waals surface area contributed by atoms with Gasteiger partial charge in [0.25, 0.3) is 0 Å². The second-order valence-corrected chi connectivity index (χ2v) is 19.2. The van der Waals surface area contributed by atoms with E-state index in [-0.39, 0.29) is 0 Å². The van der Waals surface area contributed by atoms with Crippen molar-refractivity contribution in [2.45, 2.75) is 33.1 Å². The molecular weight excluding hydrogens is 958 g/mol. The molecule has 4 nitrogen and oxygen atoms in total. The monoisotopic (exact) mass is 1000 g/mol. The summed E-state index contributed by atoms with van der Waals surface area (Å²) in [7, 11) is -2.57. The van der Waals surface area contributed by atoms with Crippen LogP contribution in [0.5, 0.6) is 0 Å². The van der Waals surface area contributed by atoms with Gasteiger partial charge in [-0.05, 0) is 0 Å². The number of hydrogen-bond acceptors (Lipinski definition) is 5. The molecule has 2 aromatic heterocycles. The predicted octanol–water partition coefficient (Wildman–Crippen LogP) is 12.2. The summed E-state index contributed by atoms with van der Waals surface area (Å²) in [5.41, 5.74) is 11.7. The minimum atomic E-state index is -2.57. The number of fused-ring (bicyclic) bond motifs is 2. The molecule has 6 aromatic carbocycles. The summed E-state index contributed by atoms with van der Waals surface area (Å²) in [5.74, 6) is 7.61. The van der Waals surface area contributed by atoms with Crippen molar-refractivity contribution in [3.63, 3.8) is 0 Å². The van der Waals surface area contributed by atoms with Crippen LogP contribution >= 0.6 is 19.0 Å². The molecule has 0 aliphatic heterocycles. The van der Waals surface area contributed by atoms with Crippen molar-refractivity contribution in [1.29, 1.82) is 0 Å². The maximum absolute atomic E-state index is 5.55. The molecule has 1 aliphatic carbocycles. The molecule has 0 bridgehead atoms. The molecule has 1 saturated carbocycles. The van der Waals surface area contributed by atoms with E-state index < -0.39 is 7.26 Å². The van der Waals surface area contributed by atoms with Crippen molar-refractivity contribution >= 4 is 63.0 Å². The normalized spacial score (nSPS) is 14.7. The van der Waals surface area contributed by atoms with Gasteiger partial charge in [0, 0.05) is 0 Å². The Balaban J connectivity index is 1.42. The van der Waals surface area contributed by atoms with Gasteiger partial charge in [-0.2, -0.15) is 0 Å². The van der Waals surface area contributed by atoms with Crippen molar-refractivity contribution in [3.8, 4) is 38.7 Å². The molecular formula is C54H41N4OsPS+. The van der Waals surface area contributed by atoms with Gasteiger partial charge in [-0.3, -0.25) is 0 Å². The Bertz CT molecular complexity index is 3020. The summed E-state index contributed by atoms with van der Waals surface area (Å²) >= 11 is 2.98. The predicted molar refractivity (Wildman–Crippen MR) is 255 cm³/mol. The molecule has 0 radical (unpaired) electrons. The molecule has 295 valence electrons. The number of rotatable bonds is 8. The van der Waals surface area contributed by atoms with Crippen molar-refractivity contribution in [2.75, 3.05) is 0 Å². The van der Waals surface area contributed by atoms with Crippen molar-refractivity contribution in [1.82, 2.24) is 18.7 Å². The average molecular weight is 999 g/mol. The molecule has 0 atom stereocenters. The van der Waals surface area contributed by atoms with Crippen LogP contribution in [0.4, 0.5) is 0 Å².